The second-order valence-corrected chi connectivity index (χ2v) is 8.10. The van der Waals surface area contributed by atoms with E-state index in [2.05, 4.69) is 17.2 Å². The molecule has 2 aromatic rings. The lowest BCUT2D eigenvalue weighted by molar-refractivity contribution is -0.113. The van der Waals surface area contributed by atoms with Crippen molar-refractivity contribution in [2.45, 2.75) is 31.1 Å². The van der Waals surface area contributed by atoms with Crippen LogP contribution in [0.5, 0.6) is 0 Å². The fraction of sp³-hybridized carbons (Fsp3) is 0.375. The first-order valence-corrected chi connectivity index (χ1v) is 9.45. The first kappa shape index (κ1) is 15.8. The number of benzene rings is 1. The maximum atomic E-state index is 12.0. The zero-order valence-corrected chi connectivity index (χ0v) is 14.7. The number of anilines is 1. The number of nitrogens with one attached hydrogen (secondary N) is 1. The zero-order chi connectivity index (χ0) is 15.5. The van der Waals surface area contributed by atoms with Gasteiger partial charge in [0.05, 0.1) is 11.4 Å². The molecule has 1 N–H and O–H groups in total. The molecule has 0 radical (unpaired) electrons. The van der Waals surface area contributed by atoms with Gasteiger partial charge in [-0.2, -0.15) is 0 Å². The number of thioether (sulfide) groups is 1. The Hall–Kier alpha value is -1.04. The van der Waals surface area contributed by atoms with Gasteiger partial charge in [0.15, 0.2) is 5.13 Å². The molecule has 1 aliphatic rings. The lowest BCUT2D eigenvalue weighted by Gasteiger charge is -2.15. The molecule has 0 saturated carbocycles. The number of carbonyl (C=O) groups excluding carboxylic acids is 1. The molecule has 116 valence electrons. The quantitative estimate of drug-likeness (QED) is 0.814. The molecule has 0 saturated heterocycles. The molecule has 1 aliphatic carbocycles. The Kier molecular flexibility index (Phi) is 5.06. The maximum absolute atomic E-state index is 12.0. The van der Waals surface area contributed by atoms with Crippen molar-refractivity contribution in [1.29, 1.82) is 0 Å². The van der Waals surface area contributed by atoms with Gasteiger partial charge < -0.3 is 5.32 Å². The lowest BCUT2D eigenvalue weighted by atomic mass is 9.93. The zero-order valence-electron chi connectivity index (χ0n) is 12.3. The summed E-state index contributed by atoms with van der Waals surface area (Å²) in [6, 6.07) is 7.50. The summed E-state index contributed by atoms with van der Waals surface area (Å²) in [4.78, 5) is 19.0. The number of thiazole rings is 1. The van der Waals surface area contributed by atoms with Gasteiger partial charge in [0.25, 0.3) is 0 Å². The Morgan fingerprint density at radius 2 is 2.23 bits per heavy atom. The lowest BCUT2D eigenvalue weighted by Crippen LogP contribution is -2.14. The van der Waals surface area contributed by atoms with Crippen LogP contribution in [0.2, 0.25) is 5.02 Å². The summed E-state index contributed by atoms with van der Waals surface area (Å²) in [6.07, 6.45) is 3.31. The van der Waals surface area contributed by atoms with Gasteiger partial charge in [-0.15, -0.1) is 23.1 Å². The highest BCUT2D eigenvalue weighted by Crippen LogP contribution is 2.32. The number of nitrogens with zero attached hydrogens (tertiary/aromatic N) is 1. The van der Waals surface area contributed by atoms with Gasteiger partial charge >= 0.3 is 0 Å². The molecule has 22 heavy (non-hydrogen) atoms. The maximum Gasteiger partial charge on any atom is 0.236 e. The van der Waals surface area contributed by atoms with E-state index in [9.17, 15) is 4.79 Å². The highest BCUT2D eigenvalue weighted by atomic mass is 35.5. The predicted molar refractivity (Wildman–Crippen MR) is 94.1 cm³/mol. The molecule has 0 bridgehead atoms. The van der Waals surface area contributed by atoms with E-state index in [1.165, 1.54) is 28.8 Å². The average molecular weight is 353 g/mol. The Labute approximate surface area is 143 Å². The molecule has 1 heterocycles. The van der Waals surface area contributed by atoms with E-state index in [0.29, 0.717) is 10.8 Å². The normalized spacial score (nSPS) is 17.1. The van der Waals surface area contributed by atoms with Gasteiger partial charge in [0.1, 0.15) is 0 Å². The molecular formula is C16H17ClN2OS2. The van der Waals surface area contributed by atoms with Gasteiger partial charge in [-0.3, -0.25) is 4.79 Å². The van der Waals surface area contributed by atoms with Crippen LogP contribution < -0.4 is 5.32 Å². The summed E-state index contributed by atoms with van der Waals surface area (Å²) >= 11 is 8.97. The molecule has 1 atom stereocenters. The van der Waals surface area contributed by atoms with Gasteiger partial charge in [-0.1, -0.05) is 18.5 Å². The highest BCUT2D eigenvalue weighted by Gasteiger charge is 2.20. The predicted octanol–water partition coefficient (Wildman–Crippen LogP) is 4.65. The Morgan fingerprint density at radius 3 is 3.00 bits per heavy atom. The topological polar surface area (TPSA) is 42.0 Å². The fourth-order valence-corrected chi connectivity index (χ4v) is 4.44. The number of halogens is 1. The second-order valence-electron chi connectivity index (χ2n) is 5.53. The van der Waals surface area contributed by atoms with Gasteiger partial charge in [0, 0.05) is 14.8 Å². The van der Waals surface area contributed by atoms with E-state index in [4.69, 9.17) is 11.6 Å². The van der Waals surface area contributed by atoms with Crippen LogP contribution in [0, 0.1) is 5.92 Å². The third-order valence-corrected chi connectivity index (χ3v) is 5.92. The Bertz CT molecular complexity index is 669. The molecule has 0 unspecified atom stereocenters. The van der Waals surface area contributed by atoms with E-state index in [1.54, 1.807) is 11.3 Å². The van der Waals surface area contributed by atoms with Crippen molar-refractivity contribution < 1.29 is 4.79 Å². The molecule has 1 aromatic carbocycles. The van der Waals surface area contributed by atoms with Crippen LogP contribution in [0.1, 0.15) is 23.9 Å². The summed E-state index contributed by atoms with van der Waals surface area (Å²) in [6.45, 7) is 2.27. The van der Waals surface area contributed by atoms with Crippen LogP contribution in [-0.4, -0.2) is 16.6 Å². The minimum absolute atomic E-state index is 0.0147. The summed E-state index contributed by atoms with van der Waals surface area (Å²) in [7, 11) is 0. The van der Waals surface area contributed by atoms with Crippen molar-refractivity contribution in [3.8, 4) is 0 Å². The highest BCUT2D eigenvalue weighted by molar-refractivity contribution is 8.00. The van der Waals surface area contributed by atoms with Crippen LogP contribution in [0.15, 0.2) is 29.2 Å². The number of aromatic nitrogens is 1. The molecule has 0 fully saturated rings. The number of fused-ring (bicyclic) bond motifs is 1. The van der Waals surface area contributed by atoms with Crippen LogP contribution in [0.25, 0.3) is 0 Å². The summed E-state index contributed by atoms with van der Waals surface area (Å²) < 4.78 is 0. The number of hydrogen-bond donors (Lipinski definition) is 1. The summed E-state index contributed by atoms with van der Waals surface area (Å²) in [5.74, 6) is 1.08. The van der Waals surface area contributed by atoms with E-state index in [1.807, 2.05) is 24.3 Å². The third-order valence-electron chi connectivity index (χ3n) is 3.62. The van der Waals surface area contributed by atoms with Gasteiger partial charge in [-0.05, 0) is 49.4 Å². The van der Waals surface area contributed by atoms with Crippen molar-refractivity contribution in [2.75, 3.05) is 11.1 Å². The number of aryl methyl sites for hydroxylation is 1. The van der Waals surface area contributed by atoms with Crippen LogP contribution >= 0.6 is 34.7 Å². The van der Waals surface area contributed by atoms with E-state index in [-0.39, 0.29) is 5.91 Å². The smallest absolute Gasteiger partial charge is 0.236 e. The number of amides is 1. The van der Waals surface area contributed by atoms with Gasteiger partial charge in [-0.25, -0.2) is 4.98 Å². The van der Waals surface area contributed by atoms with Crippen molar-refractivity contribution in [1.82, 2.24) is 4.98 Å². The molecule has 6 heteroatoms. The van der Waals surface area contributed by atoms with Crippen LogP contribution in [-0.2, 0) is 17.6 Å². The Morgan fingerprint density at radius 1 is 1.45 bits per heavy atom. The number of carbonyl (C=O) groups is 1. The van der Waals surface area contributed by atoms with E-state index in [0.717, 1.165) is 28.8 Å². The molecule has 3 rings (SSSR count). The average Bonchev–Trinajstić information content (AvgIpc) is 2.88. The minimum atomic E-state index is -0.0147. The van der Waals surface area contributed by atoms with Crippen molar-refractivity contribution in [2.24, 2.45) is 5.92 Å². The number of rotatable bonds is 4. The fourth-order valence-electron chi connectivity index (χ4n) is 2.43. The van der Waals surface area contributed by atoms with Crippen LogP contribution in [0.4, 0.5) is 5.13 Å². The standard InChI is InChI=1S/C16H17ClN2OS2/c1-10-2-7-13-14(8-10)22-16(18-13)19-15(20)9-21-12-5-3-11(17)4-6-12/h3-6,10H,2,7-9H2,1H3,(H,18,19,20)/t10-/m1/s1. The minimum Gasteiger partial charge on any atom is -0.301 e. The largest absolute Gasteiger partial charge is 0.301 e. The summed E-state index contributed by atoms with van der Waals surface area (Å²) in [5.41, 5.74) is 1.17. The molecule has 1 aromatic heterocycles. The SMILES string of the molecule is C[C@@H]1CCc2nc(NC(=O)CSc3ccc(Cl)cc3)sc2C1. The Balaban J connectivity index is 1.54. The van der Waals surface area contributed by atoms with Crippen molar-refractivity contribution >= 4 is 45.7 Å². The molecule has 0 aliphatic heterocycles. The first-order valence-electron chi connectivity index (χ1n) is 7.27. The molecule has 0 spiro atoms. The third kappa shape index (κ3) is 4.03. The van der Waals surface area contributed by atoms with Crippen molar-refractivity contribution in [3.63, 3.8) is 0 Å². The van der Waals surface area contributed by atoms with Gasteiger partial charge in [0.2, 0.25) is 5.91 Å². The van der Waals surface area contributed by atoms with E-state index >= 15 is 0 Å². The molecular weight excluding hydrogens is 336 g/mol. The van der Waals surface area contributed by atoms with Crippen LogP contribution in [0.3, 0.4) is 0 Å². The first-order chi connectivity index (χ1) is 10.6. The molecule has 3 nitrogen and oxygen atoms in total. The second kappa shape index (κ2) is 7.02. The number of hydrogen-bond acceptors (Lipinski definition) is 4. The summed E-state index contributed by atoms with van der Waals surface area (Å²) in [5, 5.41) is 4.36. The van der Waals surface area contributed by atoms with Crippen molar-refractivity contribution in [3.05, 3.63) is 39.9 Å². The van der Waals surface area contributed by atoms with E-state index < -0.39 is 0 Å². The molecule has 1 amide bonds. The monoisotopic (exact) mass is 352 g/mol.